The lowest BCUT2D eigenvalue weighted by atomic mass is 10.4. The van der Waals surface area contributed by atoms with E-state index >= 15 is 0 Å². The lowest BCUT2D eigenvalue weighted by Crippen LogP contribution is -2.27. The van der Waals surface area contributed by atoms with Gasteiger partial charge in [0, 0.05) is 30.6 Å². The van der Waals surface area contributed by atoms with Crippen molar-refractivity contribution in [3.05, 3.63) is 27.5 Å². The second kappa shape index (κ2) is 6.00. The van der Waals surface area contributed by atoms with Crippen LogP contribution in [-0.4, -0.2) is 30.1 Å². The first-order valence-corrected chi connectivity index (χ1v) is 8.45. The molecule has 20 heavy (non-hydrogen) atoms. The average molecular weight is 315 g/mol. The molecule has 0 aliphatic rings. The molecule has 0 amide bonds. The molecule has 0 unspecified atom stereocenters. The summed E-state index contributed by atoms with van der Waals surface area (Å²) in [7, 11) is -3.60. The number of thiazole rings is 1. The van der Waals surface area contributed by atoms with Crippen LogP contribution in [0.25, 0.3) is 0 Å². The molecule has 2 rings (SSSR count). The summed E-state index contributed by atoms with van der Waals surface area (Å²) in [5.74, 6) is 0. The van der Waals surface area contributed by atoms with E-state index in [1.807, 2.05) is 12.3 Å². The number of hydrogen-bond acceptors (Lipinski definition) is 6. The highest BCUT2D eigenvalue weighted by Gasteiger charge is 2.23. The zero-order chi connectivity index (χ0) is 14.8. The van der Waals surface area contributed by atoms with Crippen molar-refractivity contribution in [1.29, 1.82) is 0 Å². The van der Waals surface area contributed by atoms with Crippen LogP contribution in [0.3, 0.4) is 0 Å². The van der Waals surface area contributed by atoms with Gasteiger partial charge in [0.1, 0.15) is 4.90 Å². The van der Waals surface area contributed by atoms with E-state index in [-0.39, 0.29) is 11.4 Å². The number of nitrogens with one attached hydrogen (secondary N) is 2. The lowest BCUT2D eigenvalue weighted by Gasteiger charge is -2.06. The molecular weight excluding hydrogens is 298 g/mol. The molecule has 0 aliphatic carbocycles. The van der Waals surface area contributed by atoms with Crippen molar-refractivity contribution in [1.82, 2.24) is 19.9 Å². The van der Waals surface area contributed by atoms with Gasteiger partial charge in [-0.05, 0) is 13.8 Å². The van der Waals surface area contributed by atoms with E-state index in [4.69, 9.17) is 5.73 Å². The van der Waals surface area contributed by atoms with Crippen LogP contribution < -0.4 is 10.5 Å². The molecule has 7 nitrogen and oxygen atoms in total. The van der Waals surface area contributed by atoms with Gasteiger partial charge in [-0.25, -0.2) is 18.1 Å². The van der Waals surface area contributed by atoms with Gasteiger partial charge < -0.3 is 5.73 Å². The molecule has 0 atom stereocenters. The Morgan fingerprint density at radius 2 is 2.20 bits per heavy atom. The topological polar surface area (TPSA) is 114 Å². The number of aromatic amines is 1. The van der Waals surface area contributed by atoms with Gasteiger partial charge in [0.25, 0.3) is 0 Å². The minimum Gasteiger partial charge on any atom is -0.325 e. The van der Waals surface area contributed by atoms with E-state index in [9.17, 15) is 8.42 Å². The number of nitrogens with zero attached hydrogens (tertiary/aromatic N) is 2. The van der Waals surface area contributed by atoms with Crippen molar-refractivity contribution in [2.45, 2.75) is 31.7 Å². The molecule has 110 valence electrons. The number of hydrogen-bond donors (Lipinski definition) is 3. The average Bonchev–Trinajstić information content (AvgIpc) is 2.95. The second-order valence-electron chi connectivity index (χ2n) is 4.36. The Labute approximate surface area is 121 Å². The van der Waals surface area contributed by atoms with Crippen LogP contribution in [-0.2, 0) is 23.0 Å². The first kappa shape index (κ1) is 15.1. The van der Waals surface area contributed by atoms with Crippen molar-refractivity contribution in [3.8, 4) is 0 Å². The van der Waals surface area contributed by atoms with Gasteiger partial charge in [0.15, 0.2) is 0 Å². The summed E-state index contributed by atoms with van der Waals surface area (Å²) in [6.45, 7) is 3.94. The molecule has 4 N–H and O–H groups in total. The lowest BCUT2D eigenvalue weighted by molar-refractivity contribution is 0.579. The highest BCUT2D eigenvalue weighted by Crippen LogP contribution is 2.17. The second-order valence-corrected chi connectivity index (χ2v) is 7.01. The van der Waals surface area contributed by atoms with Gasteiger partial charge in [-0.1, -0.05) is 0 Å². The highest BCUT2D eigenvalue weighted by molar-refractivity contribution is 7.89. The van der Waals surface area contributed by atoms with Gasteiger partial charge in [-0.2, -0.15) is 5.10 Å². The summed E-state index contributed by atoms with van der Waals surface area (Å²) >= 11 is 1.52. The quantitative estimate of drug-likeness (QED) is 0.716. The Balaban J connectivity index is 2.06. The number of H-pyrrole nitrogens is 1. The number of aryl methyl sites for hydroxylation is 2. The van der Waals surface area contributed by atoms with Crippen LogP contribution in [0.5, 0.6) is 0 Å². The van der Waals surface area contributed by atoms with Crippen LogP contribution in [0.4, 0.5) is 0 Å². The molecule has 2 aromatic heterocycles. The summed E-state index contributed by atoms with van der Waals surface area (Å²) in [6, 6.07) is 0. The predicted molar refractivity (Wildman–Crippen MR) is 77.0 cm³/mol. The Kier molecular flexibility index (Phi) is 4.53. The highest BCUT2D eigenvalue weighted by atomic mass is 32.2. The Morgan fingerprint density at radius 3 is 2.80 bits per heavy atom. The molecule has 0 radical (unpaired) electrons. The SMILES string of the molecule is Cc1csc(CCNS(=O)(=O)c2c(CN)n[nH]c2C)n1. The minimum atomic E-state index is -3.60. The maximum Gasteiger partial charge on any atom is 0.244 e. The largest absolute Gasteiger partial charge is 0.325 e. The normalized spacial score (nSPS) is 11.9. The number of nitrogens with two attached hydrogens (primary N) is 1. The van der Waals surface area contributed by atoms with Gasteiger partial charge in [-0.15, -0.1) is 11.3 Å². The smallest absolute Gasteiger partial charge is 0.244 e. The molecule has 2 aromatic rings. The molecule has 0 spiro atoms. The van der Waals surface area contributed by atoms with E-state index in [2.05, 4.69) is 19.9 Å². The van der Waals surface area contributed by atoms with Gasteiger partial charge >= 0.3 is 0 Å². The third kappa shape index (κ3) is 3.23. The van der Waals surface area contributed by atoms with E-state index in [0.717, 1.165) is 10.7 Å². The zero-order valence-corrected chi connectivity index (χ0v) is 12.9. The standard InChI is InChI=1S/C11H17N5O2S2/c1-7-6-19-10(14-7)3-4-13-20(17,18)11-8(2)15-16-9(11)5-12/h6,13H,3-5,12H2,1-2H3,(H,15,16). The molecule has 9 heteroatoms. The fourth-order valence-corrected chi connectivity index (χ4v) is 4.03. The van der Waals surface area contributed by atoms with Crippen LogP contribution >= 0.6 is 11.3 Å². The van der Waals surface area contributed by atoms with Crippen molar-refractivity contribution < 1.29 is 8.42 Å². The molecule has 0 saturated heterocycles. The van der Waals surface area contributed by atoms with Crippen LogP contribution in [0.1, 0.15) is 22.1 Å². The maximum absolute atomic E-state index is 12.2. The molecule has 0 saturated carbocycles. The maximum atomic E-state index is 12.2. The van der Waals surface area contributed by atoms with Crippen molar-refractivity contribution in [2.75, 3.05) is 6.54 Å². The van der Waals surface area contributed by atoms with Crippen LogP contribution in [0.2, 0.25) is 0 Å². The van der Waals surface area contributed by atoms with E-state index in [0.29, 0.717) is 24.4 Å². The molecule has 0 aromatic carbocycles. The van der Waals surface area contributed by atoms with Gasteiger partial charge in [0.05, 0.1) is 16.4 Å². The fourth-order valence-electron chi connectivity index (χ4n) is 1.85. The zero-order valence-electron chi connectivity index (χ0n) is 11.3. The first-order valence-electron chi connectivity index (χ1n) is 6.08. The summed E-state index contributed by atoms with van der Waals surface area (Å²) in [6.07, 6.45) is 0.562. The van der Waals surface area contributed by atoms with Gasteiger partial charge in [-0.3, -0.25) is 5.10 Å². The number of sulfonamides is 1. The summed E-state index contributed by atoms with van der Waals surface area (Å²) < 4.78 is 27.0. The van der Waals surface area contributed by atoms with Gasteiger partial charge in [0.2, 0.25) is 10.0 Å². The molecule has 2 heterocycles. The molecular formula is C11H17N5O2S2. The van der Waals surface area contributed by atoms with E-state index < -0.39 is 10.0 Å². The summed E-state index contributed by atoms with van der Waals surface area (Å²) in [5.41, 5.74) is 7.28. The first-order chi connectivity index (χ1) is 9.44. The monoisotopic (exact) mass is 315 g/mol. The Hall–Kier alpha value is -1.29. The van der Waals surface area contributed by atoms with Crippen molar-refractivity contribution in [3.63, 3.8) is 0 Å². The Morgan fingerprint density at radius 1 is 1.45 bits per heavy atom. The predicted octanol–water partition coefficient (Wildman–Crippen LogP) is 0.463. The number of rotatable bonds is 6. The van der Waals surface area contributed by atoms with Crippen molar-refractivity contribution in [2.24, 2.45) is 5.73 Å². The third-order valence-electron chi connectivity index (χ3n) is 2.72. The van der Waals surface area contributed by atoms with Crippen LogP contribution in [0, 0.1) is 13.8 Å². The fraction of sp³-hybridized carbons (Fsp3) is 0.455. The molecule has 0 aliphatic heterocycles. The van der Waals surface area contributed by atoms with E-state index in [1.54, 1.807) is 6.92 Å². The summed E-state index contributed by atoms with van der Waals surface area (Å²) in [5, 5.41) is 9.39. The number of aromatic nitrogens is 3. The molecule has 0 fully saturated rings. The third-order valence-corrected chi connectivity index (χ3v) is 5.41. The van der Waals surface area contributed by atoms with E-state index in [1.165, 1.54) is 11.3 Å². The minimum absolute atomic E-state index is 0.0757. The molecule has 0 bridgehead atoms. The van der Waals surface area contributed by atoms with Crippen LogP contribution in [0.15, 0.2) is 10.3 Å². The summed E-state index contributed by atoms with van der Waals surface area (Å²) in [4.78, 5) is 4.44. The Bertz CT molecular complexity index is 689. The van der Waals surface area contributed by atoms with Crippen molar-refractivity contribution >= 4 is 21.4 Å².